The maximum absolute atomic E-state index is 11.2. The predicted octanol–water partition coefficient (Wildman–Crippen LogP) is 2.85. The fourth-order valence-corrected chi connectivity index (χ4v) is 2.60. The monoisotopic (exact) mass is 284 g/mol. The van der Waals surface area contributed by atoms with E-state index in [1.165, 1.54) is 5.56 Å². The first-order chi connectivity index (χ1) is 10.2. The number of para-hydroxylation sites is 1. The number of nitrogen functional groups attached to an aromatic ring is 1. The predicted molar refractivity (Wildman–Crippen MR) is 82.1 cm³/mol. The van der Waals surface area contributed by atoms with Crippen LogP contribution in [-0.2, 0) is 0 Å². The second-order valence-electron chi connectivity index (χ2n) is 5.11. The Bertz CT molecular complexity index is 660. The van der Waals surface area contributed by atoms with Crippen LogP contribution in [0, 0.1) is 10.1 Å². The standard InChI is InChI=1S/C15H16N4O2/c16-18-13-8-4-7-12(15(13)19(20)21)17-14-9-11(14)10-5-2-1-3-6-10/h1-8,11,14,17-18H,9,16H2. The van der Waals surface area contributed by atoms with Crippen molar-refractivity contribution < 1.29 is 4.92 Å². The highest BCUT2D eigenvalue weighted by atomic mass is 16.6. The van der Waals surface area contributed by atoms with E-state index in [0.717, 1.165) is 6.42 Å². The summed E-state index contributed by atoms with van der Waals surface area (Å²) in [6, 6.07) is 15.4. The fraction of sp³-hybridized carbons (Fsp3) is 0.200. The van der Waals surface area contributed by atoms with Gasteiger partial charge >= 0.3 is 5.69 Å². The highest BCUT2D eigenvalue weighted by Crippen LogP contribution is 2.44. The molecule has 0 spiro atoms. The molecule has 6 nitrogen and oxygen atoms in total. The first-order valence-corrected chi connectivity index (χ1v) is 6.76. The molecule has 2 atom stereocenters. The van der Waals surface area contributed by atoms with Gasteiger partial charge in [-0.1, -0.05) is 36.4 Å². The van der Waals surface area contributed by atoms with E-state index < -0.39 is 4.92 Å². The maximum atomic E-state index is 11.2. The lowest BCUT2D eigenvalue weighted by molar-refractivity contribution is -0.383. The summed E-state index contributed by atoms with van der Waals surface area (Å²) in [5, 5.41) is 14.5. The lowest BCUT2D eigenvalue weighted by Crippen LogP contribution is -2.12. The maximum Gasteiger partial charge on any atom is 0.316 e. The van der Waals surface area contributed by atoms with E-state index in [9.17, 15) is 10.1 Å². The molecule has 4 N–H and O–H groups in total. The number of nitrogens with two attached hydrogens (primary N) is 1. The minimum atomic E-state index is -0.419. The average molecular weight is 284 g/mol. The summed E-state index contributed by atoms with van der Waals surface area (Å²) in [6.07, 6.45) is 0.974. The molecule has 0 bridgehead atoms. The van der Waals surface area contributed by atoms with Gasteiger partial charge in [-0.3, -0.25) is 16.0 Å². The zero-order valence-corrected chi connectivity index (χ0v) is 11.3. The molecule has 0 heterocycles. The van der Waals surface area contributed by atoms with E-state index >= 15 is 0 Å². The van der Waals surface area contributed by atoms with E-state index in [4.69, 9.17) is 5.84 Å². The van der Waals surface area contributed by atoms with Gasteiger partial charge in [-0.2, -0.15) is 0 Å². The van der Waals surface area contributed by atoms with Gasteiger partial charge < -0.3 is 10.7 Å². The molecule has 0 aromatic heterocycles. The Hall–Kier alpha value is -2.60. The van der Waals surface area contributed by atoms with Crippen LogP contribution in [0.1, 0.15) is 17.9 Å². The van der Waals surface area contributed by atoms with Crippen LogP contribution in [0.5, 0.6) is 0 Å². The van der Waals surface area contributed by atoms with Crippen LogP contribution in [0.4, 0.5) is 17.1 Å². The average Bonchev–Trinajstić information content (AvgIpc) is 3.26. The highest BCUT2D eigenvalue weighted by Gasteiger charge is 2.39. The van der Waals surface area contributed by atoms with Crippen LogP contribution >= 0.6 is 0 Å². The zero-order valence-electron chi connectivity index (χ0n) is 11.3. The number of benzene rings is 2. The van der Waals surface area contributed by atoms with Crippen molar-refractivity contribution in [2.24, 2.45) is 5.84 Å². The van der Waals surface area contributed by atoms with Crippen molar-refractivity contribution in [1.29, 1.82) is 0 Å². The Balaban J connectivity index is 1.79. The van der Waals surface area contributed by atoms with Gasteiger partial charge in [0.25, 0.3) is 0 Å². The number of nitro benzene ring substituents is 1. The molecule has 0 amide bonds. The molecule has 3 rings (SSSR count). The van der Waals surface area contributed by atoms with Crippen molar-refractivity contribution in [2.75, 3.05) is 10.7 Å². The van der Waals surface area contributed by atoms with E-state index in [1.807, 2.05) is 18.2 Å². The smallest absolute Gasteiger partial charge is 0.316 e. The van der Waals surface area contributed by atoms with Crippen LogP contribution < -0.4 is 16.6 Å². The molecular weight excluding hydrogens is 268 g/mol. The second-order valence-corrected chi connectivity index (χ2v) is 5.11. The highest BCUT2D eigenvalue weighted by molar-refractivity contribution is 5.76. The van der Waals surface area contributed by atoms with Crippen molar-refractivity contribution in [3.63, 3.8) is 0 Å². The van der Waals surface area contributed by atoms with Crippen LogP contribution in [0.25, 0.3) is 0 Å². The third kappa shape index (κ3) is 2.66. The number of nitrogens with zero attached hydrogens (tertiary/aromatic N) is 1. The summed E-state index contributed by atoms with van der Waals surface area (Å²) in [7, 11) is 0. The van der Waals surface area contributed by atoms with Crippen LogP contribution in [-0.4, -0.2) is 11.0 Å². The third-order valence-corrected chi connectivity index (χ3v) is 3.73. The zero-order chi connectivity index (χ0) is 14.8. The van der Waals surface area contributed by atoms with E-state index in [0.29, 0.717) is 17.3 Å². The van der Waals surface area contributed by atoms with E-state index in [2.05, 4.69) is 22.9 Å². The van der Waals surface area contributed by atoms with E-state index in [1.54, 1.807) is 18.2 Å². The Morgan fingerprint density at radius 1 is 1.10 bits per heavy atom. The summed E-state index contributed by atoms with van der Waals surface area (Å²) in [4.78, 5) is 10.8. The first kappa shape index (κ1) is 13.4. The fourth-order valence-electron chi connectivity index (χ4n) is 2.60. The first-order valence-electron chi connectivity index (χ1n) is 6.76. The molecular formula is C15H16N4O2. The van der Waals surface area contributed by atoms with Gasteiger partial charge in [-0.15, -0.1) is 0 Å². The lowest BCUT2D eigenvalue weighted by atomic mass is 10.1. The topological polar surface area (TPSA) is 93.2 Å². The molecule has 1 fully saturated rings. The Labute approximate surface area is 122 Å². The molecule has 21 heavy (non-hydrogen) atoms. The van der Waals surface area contributed by atoms with E-state index in [-0.39, 0.29) is 11.7 Å². The SMILES string of the molecule is NNc1cccc(NC2CC2c2ccccc2)c1[N+](=O)[O-]. The number of hydrogen-bond donors (Lipinski definition) is 3. The van der Waals surface area contributed by atoms with Crippen molar-refractivity contribution in [3.05, 3.63) is 64.2 Å². The Kier molecular flexibility index (Phi) is 3.45. The van der Waals surface area contributed by atoms with Gasteiger partial charge in [0, 0.05) is 12.0 Å². The summed E-state index contributed by atoms with van der Waals surface area (Å²) >= 11 is 0. The molecule has 108 valence electrons. The minimum absolute atomic E-state index is 0.0151. The quantitative estimate of drug-likeness (QED) is 0.446. The van der Waals surface area contributed by atoms with Crippen LogP contribution in [0.15, 0.2) is 48.5 Å². The van der Waals surface area contributed by atoms with Gasteiger partial charge in [0.2, 0.25) is 0 Å². The molecule has 1 aliphatic carbocycles. The Morgan fingerprint density at radius 2 is 1.81 bits per heavy atom. The van der Waals surface area contributed by atoms with Crippen molar-refractivity contribution in [3.8, 4) is 0 Å². The number of hydrazine groups is 1. The van der Waals surface area contributed by atoms with Gasteiger partial charge in [-0.25, -0.2) is 0 Å². The van der Waals surface area contributed by atoms with Crippen molar-refractivity contribution in [2.45, 2.75) is 18.4 Å². The number of nitro groups is 1. The summed E-state index contributed by atoms with van der Waals surface area (Å²) < 4.78 is 0. The summed E-state index contributed by atoms with van der Waals surface area (Å²) in [5.74, 6) is 5.74. The van der Waals surface area contributed by atoms with Crippen LogP contribution in [0.3, 0.4) is 0 Å². The molecule has 0 saturated heterocycles. The second kappa shape index (κ2) is 5.41. The van der Waals surface area contributed by atoms with Gasteiger partial charge in [0.1, 0.15) is 11.4 Å². The molecule has 1 saturated carbocycles. The summed E-state index contributed by atoms with van der Waals surface area (Å²) in [5.41, 5.74) is 4.42. The molecule has 6 heteroatoms. The normalized spacial score (nSPS) is 19.9. The van der Waals surface area contributed by atoms with Gasteiger partial charge in [0.05, 0.1) is 4.92 Å². The number of hydrogen-bond acceptors (Lipinski definition) is 5. The minimum Gasteiger partial charge on any atom is -0.376 e. The molecule has 1 aliphatic rings. The molecule has 0 aliphatic heterocycles. The third-order valence-electron chi connectivity index (χ3n) is 3.73. The summed E-state index contributed by atoms with van der Waals surface area (Å²) in [6.45, 7) is 0. The molecule has 2 aromatic carbocycles. The number of anilines is 2. The molecule has 2 aromatic rings. The van der Waals surface area contributed by atoms with Gasteiger partial charge in [0.15, 0.2) is 0 Å². The largest absolute Gasteiger partial charge is 0.376 e. The number of rotatable bonds is 5. The van der Waals surface area contributed by atoms with Crippen molar-refractivity contribution in [1.82, 2.24) is 0 Å². The molecule has 0 radical (unpaired) electrons. The van der Waals surface area contributed by atoms with Crippen LogP contribution in [0.2, 0.25) is 0 Å². The van der Waals surface area contributed by atoms with Gasteiger partial charge in [-0.05, 0) is 24.1 Å². The Morgan fingerprint density at radius 3 is 2.48 bits per heavy atom. The number of nitrogens with one attached hydrogen (secondary N) is 2. The van der Waals surface area contributed by atoms with Crippen molar-refractivity contribution >= 4 is 17.1 Å². The lowest BCUT2D eigenvalue weighted by Gasteiger charge is -2.09. The molecule has 2 unspecified atom stereocenters.